The standard InChI is InChI=1S/C18H16ClN3O3/c1-12(20-16(23)11-24-15-5-3-2-4-6-15)18-21-17(22-25-18)13-7-9-14(19)10-8-13/h2-10,12H,11H2,1H3,(H,20,23)/t12-/m0/s1. The molecule has 0 aliphatic heterocycles. The number of benzene rings is 2. The van der Waals surface area contributed by atoms with E-state index in [9.17, 15) is 4.79 Å². The van der Waals surface area contributed by atoms with Gasteiger partial charge in [0.15, 0.2) is 6.61 Å². The molecule has 1 N–H and O–H groups in total. The predicted molar refractivity (Wildman–Crippen MR) is 93.2 cm³/mol. The number of nitrogens with one attached hydrogen (secondary N) is 1. The zero-order valence-corrected chi connectivity index (χ0v) is 14.2. The summed E-state index contributed by atoms with van der Waals surface area (Å²) >= 11 is 5.86. The van der Waals surface area contributed by atoms with Crippen LogP contribution in [0.4, 0.5) is 0 Å². The van der Waals surface area contributed by atoms with Gasteiger partial charge in [0.05, 0.1) is 0 Å². The number of carbonyl (C=O) groups excluding carboxylic acids is 1. The number of halogens is 1. The summed E-state index contributed by atoms with van der Waals surface area (Å²) in [5, 5.41) is 7.32. The minimum atomic E-state index is -0.430. The number of rotatable bonds is 6. The first-order chi connectivity index (χ1) is 12.1. The average Bonchev–Trinajstić information content (AvgIpc) is 3.12. The van der Waals surface area contributed by atoms with Gasteiger partial charge in [0, 0.05) is 10.6 Å². The molecule has 2 aromatic carbocycles. The predicted octanol–water partition coefficient (Wildman–Crippen LogP) is 3.65. The summed E-state index contributed by atoms with van der Waals surface area (Å²) in [7, 11) is 0. The van der Waals surface area contributed by atoms with E-state index in [2.05, 4.69) is 15.5 Å². The SMILES string of the molecule is C[C@H](NC(=O)COc1ccccc1)c1nc(-c2ccc(Cl)cc2)no1. The van der Waals surface area contributed by atoms with Crippen LogP contribution in [0.2, 0.25) is 5.02 Å². The second-order valence-corrected chi connectivity index (χ2v) is 5.79. The molecule has 0 bridgehead atoms. The van der Waals surface area contributed by atoms with Crippen molar-refractivity contribution in [2.45, 2.75) is 13.0 Å². The first-order valence-electron chi connectivity index (χ1n) is 7.68. The third-order valence-corrected chi connectivity index (χ3v) is 3.66. The van der Waals surface area contributed by atoms with Crippen molar-refractivity contribution in [3.63, 3.8) is 0 Å². The lowest BCUT2D eigenvalue weighted by Gasteiger charge is -2.10. The fourth-order valence-electron chi connectivity index (χ4n) is 2.14. The number of amides is 1. The molecule has 3 rings (SSSR count). The van der Waals surface area contributed by atoms with Gasteiger partial charge >= 0.3 is 0 Å². The van der Waals surface area contributed by atoms with Crippen molar-refractivity contribution in [2.75, 3.05) is 6.61 Å². The van der Waals surface area contributed by atoms with E-state index in [1.807, 2.05) is 18.2 Å². The fourth-order valence-corrected chi connectivity index (χ4v) is 2.26. The van der Waals surface area contributed by atoms with Crippen LogP contribution in [-0.2, 0) is 4.79 Å². The quantitative estimate of drug-likeness (QED) is 0.728. The molecule has 0 radical (unpaired) electrons. The lowest BCUT2D eigenvalue weighted by atomic mass is 10.2. The fraction of sp³-hybridized carbons (Fsp3) is 0.167. The van der Waals surface area contributed by atoms with Crippen molar-refractivity contribution in [1.29, 1.82) is 0 Å². The third-order valence-electron chi connectivity index (χ3n) is 3.41. The minimum absolute atomic E-state index is 0.0907. The number of ether oxygens (including phenoxy) is 1. The molecule has 0 spiro atoms. The Morgan fingerprint density at radius 3 is 2.64 bits per heavy atom. The molecule has 0 fully saturated rings. The Hall–Kier alpha value is -2.86. The molecule has 0 aliphatic rings. The van der Waals surface area contributed by atoms with Crippen LogP contribution in [0.5, 0.6) is 5.75 Å². The van der Waals surface area contributed by atoms with Crippen LogP contribution in [0.15, 0.2) is 59.1 Å². The first-order valence-corrected chi connectivity index (χ1v) is 8.06. The molecule has 0 saturated heterocycles. The second-order valence-electron chi connectivity index (χ2n) is 5.35. The Labute approximate surface area is 149 Å². The summed E-state index contributed by atoms with van der Waals surface area (Å²) in [6.07, 6.45) is 0. The highest BCUT2D eigenvalue weighted by Crippen LogP contribution is 2.20. The van der Waals surface area contributed by atoms with E-state index in [0.29, 0.717) is 22.5 Å². The van der Waals surface area contributed by atoms with Crippen molar-refractivity contribution < 1.29 is 14.1 Å². The topological polar surface area (TPSA) is 77.2 Å². The first kappa shape index (κ1) is 17.0. The number of para-hydroxylation sites is 1. The summed E-state index contributed by atoms with van der Waals surface area (Å²) in [6.45, 7) is 1.67. The lowest BCUT2D eigenvalue weighted by molar-refractivity contribution is -0.123. The van der Waals surface area contributed by atoms with E-state index in [-0.39, 0.29) is 12.5 Å². The van der Waals surface area contributed by atoms with Gasteiger partial charge in [-0.15, -0.1) is 0 Å². The zero-order valence-electron chi connectivity index (χ0n) is 13.5. The van der Waals surface area contributed by atoms with Gasteiger partial charge in [-0.1, -0.05) is 35.0 Å². The lowest BCUT2D eigenvalue weighted by Crippen LogP contribution is -2.31. The van der Waals surface area contributed by atoms with Crippen LogP contribution >= 0.6 is 11.6 Å². The van der Waals surface area contributed by atoms with E-state index in [4.69, 9.17) is 20.9 Å². The average molecular weight is 358 g/mol. The van der Waals surface area contributed by atoms with Gasteiger partial charge in [0.2, 0.25) is 11.7 Å². The summed E-state index contributed by atoms with van der Waals surface area (Å²) < 4.78 is 10.6. The smallest absolute Gasteiger partial charge is 0.258 e. The molecule has 25 heavy (non-hydrogen) atoms. The van der Waals surface area contributed by atoms with Crippen LogP contribution in [0, 0.1) is 0 Å². The molecule has 1 heterocycles. The molecule has 128 valence electrons. The Morgan fingerprint density at radius 2 is 1.92 bits per heavy atom. The van der Waals surface area contributed by atoms with Crippen LogP contribution in [0.3, 0.4) is 0 Å². The van der Waals surface area contributed by atoms with Crippen LogP contribution in [0.25, 0.3) is 11.4 Å². The highest BCUT2D eigenvalue weighted by Gasteiger charge is 2.17. The molecule has 0 saturated carbocycles. The maximum atomic E-state index is 12.0. The molecular weight excluding hydrogens is 342 g/mol. The van der Waals surface area contributed by atoms with E-state index in [1.165, 1.54) is 0 Å². The number of nitrogens with zero attached hydrogens (tertiary/aromatic N) is 2. The normalized spacial score (nSPS) is 11.8. The molecule has 7 heteroatoms. The third kappa shape index (κ3) is 4.58. The Morgan fingerprint density at radius 1 is 1.20 bits per heavy atom. The zero-order chi connectivity index (χ0) is 17.6. The Kier molecular flexibility index (Phi) is 5.30. The van der Waals surface area contributed by atoms with E-state index in [0.717, 1.165) is 5.56 Å². The molecule has 3 aromatic rings. The molecule has 0 aliphatic carbocycles. The van der Waals surface area contributed by atoms with Crippen molar-refractivity contribution >= 4 is 17.5 Å². The molecular formula is C18H16ClN3O3. The van der Waals surface area contributed by atoms with Gasteiger partial charge in [0.25, 0.3) is 5.91 Å². The van der Waals surface area contributed by atoms with Crippen LogP contribution in [0.1, 0.15) is 18.9 Å². The molecule has 1 aromatic heterocycles. The van der Waals surface area contributed by atoms with Gasteiger partial charge in [-0.05, 0) is 43.3 Å². The van der Waals surface area contributed by atoms with Gasteiger partial charge in [0.1, 0.15) is 11.8 Å². The molecule has 1 amide bonds. The summed E-state index contributed by atoms with van der Waals surface area (Å²) in [4.78, 5) is 16.3. The maximum absolute atomic E-state index is 12.0. The number of hydrogen-bond acceptors (Lipinski definition) is 5. The highest BCUT2D eigenvalue weighted by atomic mass is 35.5. The van der Waals surface area contributed by atoms with Crippen molar-refractivity contribution in [3.05, 3.63) is 65.5 Å². The van der Waals surface area contributed by atoms with E-state index >= 15 is 0 Å². The van der Waals surface area contributed by atoms with Gasteiger partial charge in [-0.3, -0.25) is 4.79 Å². The van der Waals surface area contributed by atoms with Crippen molar-refractivity contribution in [2.24, 2.45) is 0 Å². The van der Waals surface area contributed by atoms with Gasteiger partial charge in [-0.2, -0.15) is 4.98 Å². The summed E-state index contributed by atoms with van der Waals surface area (Å²) in [5.74, 6) is 1.11. The second kappa shape index (κ2) is 7.81. The van der Waals surface area contributed by atoms with E-state index in [1.54, 1.807) is 43.3 Å². The minimum Gasteiger partial charge on any atom is -0.484 e. The molecule has 1 atom stereocenters. The number of aromatic nitrogens is 2. The Bertz CT molecular complexity index is 834. The van der Waals surface area contributed by atoms with Crippen molar-refractivity contribution in [1.82, 2.24) is 15.5 Å². The largest absolute Gasteiger partial charge is 0.484 e. The van der Waals surface area contributed by atoms with E-state index < -0.39 is 6.04 Å². The number of hydrogen-bond donors (Lipinski definition) is 1. The highest BCUT2D eigenvalue weighted by molar-refractivity contribution is 6.30. The van der Waals surface area contributed by atoms with Gasteiger partial charge < -0.3 is 14.6 Å². The number of carbonyl (C=O) groups is 1. The maximum Gasteiger partial charge on any atom is 0.258 e. The van der Waals surface area contributed by atoms with Crippen molar-refractivity contribution in [3.8, 4) is 17.1 Å². The molecule has 6 nitrogen and oxygen atoms in total. The monoisotopic (exact) mass is 357 g/mol. The van der Waals surface area contributed by atoms with Gasteiger partial charge in [-0.25, -0.2) is 0 Å². The Balaban J connectivity index is 1.57. The molecule has 0 unspecified atom stereocenters. The van der Waals surface area contributed by atoms with Crippen LogP contribution in [-0.4, -0.2) is 22.7 Å². The summed E-state index contributed by atoms with van der Waals surface area (Å²) in [5.41, 5.74) is 0.783. The summed E-state index contributed by atoms with van der Waals surface area (Å²) in [6, 6.07) is 15.8. The van der Waals surface area contributed by atoms with Crippen LogP contribution < -0.4 is 10.1 Å².